The molecule has 0 atom stereocenters. The molecule has 1 aliphatic rings. The van der Waals surface area contributed by atoms with Crippen LogP contribution in [0, 0.1) is 5.41 Å². The van der Waals surface area contributed by atoms with Crippen molar-refractivity contribution in [1.82, 2.24) is 0 Å². The molecule has 3 aromatic carbocycles. The van der Waals surface area contributed by atoms with E-state index in [1.165, 1.54) is 27.5 Å². The molecule has 0 fully saturated rings. The summed E-state index contributed by atoms with van der Waals surface area (Å²) in [4.78, 5) is 11.1. The third kappa shape index (κ3) is 4.09. The largest absolute Gasteiger partial charge is 0.478 e. The van der Waals surface area contributed by atoms with Crippen LogP contribution in [0.3, 0.4) is 0 Å². The molecule has 0 unspecified atom stereocenters. The van der Waals surface area contributed by atoms with Crippen LogP contribution in [-0.4, -0.2) is 11.1 Å². The lowest BCUT2D eigenvalue weighted by Gasteiger charge is -2.27. The van der Waals surface area contributed by atoms with Crippen LogP contribution in [0.2, 0.25) is 0 Å². The molecule has 3 heteroatoms. The van der Waals surface area contributed by atoms with Crippen molar-refractivity contribution in [1.29, 1.82) is 0 Å². The van der Waals surface area contributed by atoms with E-state index < -0.39 is 5.97 Å². The Hall–Kier alpha value is -3.33. The molecule has 2 N–H and O–H groups in total. The zero-order valence-electron chi connectivity index (χ0n) is 16.8. The van der Waals surface area contributed by atoms with E-state index in [9.17, 15) is 4.79 Å². The Labute approximate surface area is 171 Å². The Bertz CT molecular complexity index is 1120. The first-order valence-electron chi connectivity index (χ1n) is 9.90. The standard InChI is InChI=1S/C26H25NO2/c1-26(2)15-5-7-20(16-26)24-21(10-9-18-6-3-4-8-23(18)24)17-27-22-13-11-19(12-14-22)25(28)29/h3-15,27H,16-17H2,1-2H3,(H,28,29). The van der Waals surface area contributed by atoms with E-state index in [-0.39, 0.29) is 5.41 Å². The minimum atomic E-state index is -0.909. The summed E-state index contributed by atoms with van der Waals surface area (Å²) in [5.41, 5.74) is 5.24. The Morgan fingerprint density at radius 3 is 2.52 bits per heavy atom. The summed E-state index contributed by atoms with van der Waals surface area (Å²) in [6, 6.07) is 19.8. The van der Waals surface area contributed by atoms with Crippen molar-refractivity contribution in [2.45, 2.75) is 26.8 Å². The van der Waals surface area contributed by atoms with Crippen LogP contribution in [0.15, 0.2) is 78.9 Å². The Balaban J connectivity index is 1.70. The number of hydrogen-bond acceptors (Lipinski definition) is 2. The average Bonchev–Trinajstić information content (AvgIpc) is 2.71. The van der Waals surface area contributed by atoms with Gasteiger partial charge in [-0.2, -0.15) is 0 Å². The van der Waals surface area contributed by atoms with Crippen molar-refractivity contribution < 1.29 is 9.90 Å². The van der Waals surface area contributed by atoms with E-state index in [0.717, 1.165) is 12.1 Å². The number of benzene rings is 3. The predicted octanol–water partition coefficient (Wildman–Crippen LogP) is 6.52. The number of aromatic carboxylic acids is 1. The molecular formula is C26H25NO2. The van der Waals surface area contributed by atoms with Gasteiger partial charge in [-0.15, -0.1) is 0 Å². The van der Waals surface area contributed by atoms with Gasteiger partial charge in [0.2, 0.25) is 0 Å². The number of hydrogen-bond donors (Lipinski definition) is 2. The minimum Gasteiger partial charge on any atom is -0.478 e. The maximum Gasteiger partial charge on any atom is 0.335 e. The first kappa shape index (κ1) is 19.0. The van der Waals surface area contributed by atoms with E-state index in [0.29, 0.717) is 12.1 Å². The summed E-state index contributed by atoms with van der Waals surface area (Å²) in [7, 11) is 0. The molecular weight excluding hydrogens is 358 g/mol. The number of carboxylic acid groups (broad SMARTS) is 1. The maximum absolute atomic E-state index is 11.1. The van der Waals surface area contributed by atoms with Crippen molar-refractivity contribution >= 4 is 28.0 Å². The lowest BCUT2D eigenvalue weighted by atomic mass is 9.78. The molecule has 0 spiro atoms. The van der Waals surface area contributed by atoms with Crippen LogP contribution < -0.4 is 5.32 Å². The number of fused-ring (bicyclic) bond motifs is 1. The van der Waals surface area contributed by atoms with Gasteiger partial charge in [0.05, 0.1) is 5.56 Å². The fourth-order valence-electron chi connectivity index (χ4n) is 3.98. The Kier molecular flexibility index (Phi) is 4.98. The number of anilines is 1. The SMILES string of the molecule is CC1(C)C=CC=C(c2c(CNc3ccc(C(=O)O)cc3)ccc3ccccc23)C1. The van der Waals surface area contributed by atoms with Crippen molar-refractivity contribution in [3.63, 3.8) is 0 Å². The van der Waals surface area contributed by atoms with Crippen LogP contribution in [0.4, 0.5) is 5.69 Å². The quantitative estimate of drug-likeness (QED) is 0.527. The average molecular weight is 383 g/mol. The van der Waals surface area contributed by atoms with Crippen LogP contribution in [0.1, 0.15) is 41.8 Å². The van der Waals surface area contributed by atoms with Crippen LogP contribution in [0.25, 0.3) is 16.3 Å². The molecule has 0 bridgehead atoms. The molecule has 0 heterocycles. The smallest absolute Gasteiger partial charge is 0.335 e. The Morgan fingerprint density at radius 1 is 1.03 bits per heavy atom. The molecule has 3 nitrogen and oxygen atoms in total. The summed E-state index contributed by atoms with van der Waals surface area (Å²) in [6.07, 6.45) is 7.67. The van der Waals surface area contributed by atoms with Crippen LogP contribution in [-0.2, 0) is 6.54 Å². The van der Waals surface area contributed by atoms with E-state index in [1.54, 1.807) is 12.1 Å². The fourth-order valence-corrected chi connectivity index (χ4v) is 3.98. The fraction of sp³-hybridized carbons (Fsp3) is 0.192. The molecule has 146 valence electrons. The third-order valence-electron chi connectivity index (χ3n) is 5.44. The van der Waals surface area contributed by atoms with Gasteiger partial charge in [0.15, 0.2) is 0 Å². The first-order valence-corrected chi connectivity index (χ1v) is 9.90. The first-order chi connectivity index (χ1) is 13.9. The van der Waals surface area contributed by atoms with Crippen molar-refractivity contribution in [2.24, 2.45) is 5.41 Å². The molecule has 1 aliphatic carbocycles. The molecule has 0 saturated heterocycles. The zero-order valence-corrected chi connectivity index (χ0v) is 16.8. The molecule has 4 rings (SSSR count). The highest BCUT2D eigenvalue weighted by atomic mass is 16.4. The summed E-state index contributed by atoms with van der Waals surface area (Å²) in [5, 5.41) is 15.0. The summed E-state index contributed by atoms with van der Waals surface area (Å²) >= 11 is 0. The summed E-state index contributed by atoms with van der Waals surface area (Å²) in [6.45, 7) is 5.21. The van der Waals surface area contributed by atoms with Crippen molar-refractivity contribution in [2.75, 3.05) is 5.32 Å². The van der Waals surface area contributed by atoms with Gasteiger partial charge in [-0.05, 0) is 63.6 Å². The minimum absolute atomic E-state index is 0.137. The number of carbonyl (C=O) groups is 1. The number of carboxylic acids is 1. The molecule has 0 amide bonds. The number of allylic oxidation sites excluding steroid dienone is 4. The highest BCUT2D eigenvalue weighted by molar-refractivity contribution is 5.96. The second-order valence-electron chi connectivity index (χ2n) is 8.27. The molecule has 0 radical (unpaired) electrons. The highest BCUT2D eigenvalue weighted by Gasteiger charge is 2.22. The van der Waals surface area contributed by atoms with Gasteiger partial charge in [0.1, 0.15) is 0 Å². The number of nitrogens with one attached hydrogen (secondary N) is 1. The second-order valence-corrected chi connectivity index (χ2v) is 8.27. The van der Waals surface area contributed by atoms with Crippen molar-refractivity contribution in [3.8, 4) is 0 Å². The van der Waals surface area contributed by atoms with E-state index in [4.69, 9.17) is 5.11 Å². The van der Waals surface area contributed by atoms with Gasteiger partial charge in [-0.3, -0.25) is 0 Å². The molecule has 29 heavy (non-hydrogen) atoms. The van der Waals surface area contributed by atoms with Gasteiger partial charge >= 0.3 is 5.97 Å². The maximum atomic E-state index is 11.1. The van der Waals surface area contributed by atoms with Gasteiger partial charge in [0, 0.05) is 12.2 Å². The van der Waals surface area contributed by atoms with E-state index in [1.807, 2.05) is 12.1 Å². The molecule has 0 aliphatic heterocycles. The number of rotatable bonds is 5. The molecule has 0 saturated carbocycles. The summed E-state index contributed by atoms with van der Waals surface area (Å²) < 4.78 is 0. The van der Waals surface area contributed by atoms with Crippen LogP contribution >= 0.6 is 0 Å². The van der Waals surface area contributed by atoms with Crippen molar-refractivity contribution in [3.05, 3.63) is 95.6 Å². The Morgan fingerprint density at radius 2 is 1.79 bits per heavy atom. The second kappa shape index (κ2) is 7.59. The van der Waals surface area contributed by atoms with Gasteiger partial charge in [-0.1, -0.05) is 68.5 Å². The zero-order chi connectivity index (χ0) is 20.4. The predicted molar refractivity (Wildman–Crippen MR) is 120 cm³/mol. The molecule has 3 aromatic rings. The van der Waals surface area contributed by atoms with Gasteiger partial charge in [-0.25, -0.2) is 4.79 Å². The summed E-state index contributed by atoms with van der Waals surface area (Å²) in [5.74, 6) is -0.909. The lowest BCUT2D eigenvalue weighted by Crippen LogP contribution is -2.12. The van der Waals surface area contributed by atoms with Gasteiger partial charge in [0.25, 0.3) is 0 Å². The third-order valence-corrected chi connectivity index (χ3v) is 5.44. The van der Waals surface area contributed by atoms with Gasteiger partial charge < -0.3 is 10.4 Å². The molecule has 0 aromatic heterocycles. The van der Waals surface area contributed by atoms with E-state index in [2.05, 4.69) is 73.8 Å². The van der Waals surface area contributed by atoms with E-state index >= 15 is 0 Å². The van der Waals surface area contributed by atoms with Crippen LogP contribution in [0.5, 0.6) is 0 Å². The monoisotopic (exact) mass is 383 g/mol. The topological polar surface area (TPSA) is 49.3 Å². The normalized spacial score (nSPS) is 15.2. The lowest BCUT2D eigenvalue weighted by molar-refractivity contribution is 0.0697. The highest BCUT2D eigenvalue weighted by Crippen LogP contribution is 2.39.